The van der Waals surface area contributed by atoms with Crippen molar-refractivity contribution in [2.24, 2.45) is 0 Å². The highest BCUT2D eigenvalue weighted by Gasteiger charge is 2.06. The molecule has 2 N–H and O–H groups in total. The maximum absolute atomic E-state index is 9.85. The Balaban J connectivity index is -0.000000180. The summed E-state index contributed by atoms with van der Waals surface area (Å²) in [5, 5.41) is 0. The molecule has 0 radical (unpaired) electrons. The second kappa shape index (κ2) is 6.78. The van der Waals surface area contributed by atoms with Crippen molar-refractivity contribution in [1.82, 2.24) is 0 Å². The number of rotatable bonds is 2. The second-order valence-corrected chi connectivity index (χ2v) is 2.83. The number of hydrogen-bond acceptors (Lipinski definition) is 1. The third-order valence-corrected chi connectivity index (χ3v) is 1.10. The molecule has 0 aromatic heterocycles. The van der Waals surface area contributed by atoms with Crippen LogP contribution in [0.1, 0.15) is 0 Å². The molecule has 0 aromatic carbocycles. The molecule has 0 heterocycles. The summed E-state index contributed by atoms with van der Waals surface area (Å²) in [4.78, 5) is 16.1. The van der Waals surface area contributed by atoms with Crippen LogP contribution in [0.4, 0.5) is 0 Å². The van der Waals surface area contributed by atoms with E-state index in [-0.39, 0.29) is 35.6 Å². The summed E-state index contributed by atoms with van der Waals surface area (Å²) in [6.07, 6.45) is 0.966. The van der Waals surface area contributed by atoms with E-state index in [2.05, 4.69) is 6.58 Å². The molecule has 58 valence electrons. The van der Waals surface area contributed by atoms with Gasteiger partial charge in [0, 0.05) is 0 Å². The first-order valence-corrected chi connectivity index (χ1v) is 3.51. The zero-order valence-electron chi connectivity index (χ0n) is 4.56. The quantitative estimate of drug-likeness (QED) is 0.565. The number of halogens is 2. The lowest BCUT2D eigenvalue weighted by molar-refractivity contribution is 0.377. The van der Waals surface area contributed by atoms with E-state index in [1.165, 1.54) is 6.08 Å². The summed E-state index contributed by atoms with van der Waals surface area (Å²) in [7, 11) is -3.78. The molecule has 0 rings (SSSR count). The Hall–Kier alpha value is 0.660. The molecule has 0 spiro atoms. The van der Waals surface area contributed by atoms with E-state index >= 15 is 0 Å². The third-order valence-electron chi connectivity index (χ3n) is 0.367. The number of allylic oxidation sites excluding steroid dienone is 1. The Kier molecular flexibility index (Phi) is 12.3. The van der Waals surface area contributed by atoms with Crippen LogP contribution in [0.25, 0.3) is 0 Å². The van der Waals surface area contributed by atoms with E-state index in [1.807, 2.05) is 0 Å². The summed E-state index contributed by atoms with van der Waals surface area (Å²) in [5.41, 5.74) is 0. The molecule has 9 heavy (non-hydrogen) atoms. The topological polar surface area (TPSA) is 57.5 Å². The summed E-state index contributed by atoms with van der Waals surface area (Å²) >= 11 is 0. The van der Waals surface area contributed by atoms with Crippen molar-refractivity contribution in [1.29, 1.82) is 0 Å². The Morgan fingerprint density at radius 1 is 1.56 bits per heavy atom. The monoisotopic (exact) mass is 238 g/mol. The predicted octanol–water partition coefficient (Wildman–Crippen LogP) is 1.35. The molecule has 0 aromatic rings. The zero-order valence-corrected chi connectivity index (χ0v) is 7.98. The molecular weight excluding hydrogens is 230 g/mol. The number of hydrogen-bond donors (Lipinski definition) is 2. The normalized spacial score (nSPS) is 8.67. The second-order valence-electron chi connectivity index (χ2n) is 1.14. The summed E-state index contributed by atoms with van der Waals surface area (Å²) in [5.74, 6) is 0. The van der Waals surface area contributed by atoms with Gasteiger partial charge in [0.2, 0.25) is 0 Å². The van der Waals surface area contributed by atoms with E-state index in [9.17, 15) is 4.57 Å². The molecule has 0 fully saturated rings. The van der Waals surface area contributed by atoms with Crippen molar-refractivity contribution in [2.45, 2.75) is 0 Å². The van der Waals surface area contributed by atoms with Crippen LogP contribution in [-0.4, -0.2) is 15.9 Å². The molecular formula is C3H9BrClO3P. The van der Waals surface area contributed by atoms with E-state index in [1.54, 1.807) is 0 Å². The lowest BCUT2D eigenvalue weighted by Crippen LogP contribution is -1.78. The molecule has 0 unspecified atom stereocenters. The van der Waals surface area contributed by atoms with Gasteiger partial charge in [-0.25, -0.2) is 0 Å². The lowest BCUT2D eigenvalue weighted by Gasteiger charge is -1.94. The van der Waals surface area contributed by atoms with Crippen LogP contribution in [0.3, 0.4) is 0 Å². The van der Waals surface area contributed by atoms with Gasteiger partial charge in [-0.1, -0.05) is 6.08 Å². The smallest absolute Gasteiger partial charge is 0.324 e. The van der Waals surface area contributed by atoms with E-state index < -0.39 is 7.60 Å². The molecule has 0 aliphatic rings. The van der Waals surface area contributed by atoms with Gasteiger partial charge in [0.25, 0.3) is 0 Å². The fourth-order valence-electron chi connectivity index (χ4n) is 0.168. The minimum Gasteiger partial charge on any atom is -0.324 e. The fraction of sp³-hybridized carbons (Fsp3) is 0.333. The summed E-state index contributed by atoms with van der Waals surface area (Å²) < 4.78 is 9.85. The van der Waals surface area contributed by atoms with Gasteiger partial charge in [0.15, 0.2) is 0 Å². The predicted molar refractivity (Wildman–Crippen MR) is 44.7 cm³/mol. The van der Waals surface area contributed by atoms with Gasteiger partial charge < -0.3 is 9.79 Å². The van der Waals surface area contributed by atoms with Crippen molar-refractivity contribution >= 4 is 37.0 Å². The fourth-order valence-corrected chi connectivity index (χ4v) is 0.505. The average Bonchev–Trinajstić information content (AvgIpc) is 1.30. The summed E-state index contributed by atoms with van der Waals surface area (Å²) in [6.45, 7) is 3.15. The Morgan fingerprint density at radius 3 is 1.89 bits per heavy atom. The van der Waals surface area contributed by atoms with Gasteiger partial charge in [-0.15, -0.1) is 36.0 Å². The van der Waals surface area contributed by atoms with Gasteiger partial charge in [-0.3, -0.25) is 4.57 Å². The van der Waals surface area contributed by atoms with E-state index in [4.69, 9.17) is 9.79 Å². The van der Waals surface area contributed by atoms with Crippen molar-refractivity contribution < 1.29 is 14.4 Å². The van der Waals surface area contributed by atoms with Gasteiger partial charge in [0.05, 0.1) is 6.16 Å². The standard InChI is InChI=1S/C3H7O3P.BrH.ClH/c1-2-3-7(4,5)6;;/h2H,1,3H2,(H2,4,5,6);2*1H. The van der Waals surface area contributed by atoms with Gasteiger partial charge in [-0.05, 0) is 0 Å². The first-order chi connectivity index (χ1) is 3.06. The summed E-state index contributed by atoms with van der Waals surface area (Å²) in [6, 6.07) is 0. The lowest BCUT2D eigenvalue weighted by atomic mass is 10.8. The molecule has 0 atom stereocenters. The van der Waals surface area contributed by atoms with E-state index in [0.29, 0.717) is 0 Å². The van der Waals surface area contributed by atoms with Crippen LogP contribution in [0, 0.1) is 0 Å². The van der Waals surface area contributed by atoms with Crippen molar-refractivity contribution in [3.8, 4) is 0 Å². The SMILES string of the molecule is Br.C=CCP(=O)(O)O.Cl. The van der Waals surface area contributed by atoms with Crippen LogP contribution in [0.2, 0.25) is 0 Å². The van der Waals surface area contributed by atoms with Crippen molar-refractivity contribution in [3.63, 3.8) is 0 Å². The average molecular weight is 239 g/mol. The molecule has 0 saturated carbocycles. The van der Waals surface area contributed by atoms with Gasteiger partial charge in [0.1, 0.15) is 0 Å². The minimum absolute atomic E-state index is 0. The molecule has 3 nitrogen and oxygen atoms in total. The molecule has 6 heteroatoms. The highest BCUT2D eigenvalue weighted by Crippen LogP contribution is 2.33. The Bertz CT molecular complexity index is 112. The first-order valence-electron chi connectivity index (χ1n) is 1.72. The first kappa shape index (κ1) is 16.3. The zero-order chi connectivity index (χ0) is 5.91. The van der Waals surface area contributed by atoms with Gasteiger partial charge >= 0.3 is 7.60 Å². The molecule has 0 bridgehead atoms. The minimum atomic E-state index is -3.78. The molecule has 0 aliphatic heterocycles. The van der Waals surface area contributed by atoms with Crippen LogP contribution in [0.15, 0.2) is 12.7 Å². The highest BCUT2D eigenvalue weighted by atomic mass is 79.9. The van der Waals surface area contributed by atoms with Gasteiger partial charge in [-0.2, -0.15) is 0 Å². The van der Waals surface area contributed by atoms with E-state index in [0.717, 1.165) is 0 Å². The van der Waals surface area contributed by atoms with Crippen LogP contribution in [0.5, 0.6) is 0 Å². The Morgan fingerprint density at radius 2 is 1.89 bits per heavy atom. The van der Waals surface area contributed by atoms with Crippen LogP contribution in [-0.2, 0) is 4.57 Å². The third kappa shape index (κ3) is 17.7. The van der Waals surface area contributed by atoms with Crippen molar-refractivity contribution in [3.05, 3.63) is 12.7 Å². The molecule has 0 amide bonds. The largest absolute Gasteiger partial charge is 0.329 e. The molecule has 0 saturated heterocycles. The van der Waals surface area contributed by atoms with Crippen LogP contribution < -0.4 is 0 Å². The maximum Gasteiger partial charge on any atom is 0.329 e. The maximum atomic E-state index is 9.85. The van der Waals surface area contributed by atoms with Crippen LogP contribution >= 0.6 is 37.0 Å². The highest BCUT2D eigenvalue weighted by molar-refractivity contribution is 8.93. The Labute approximate surface area is 70.5 Å². The molecule has 0 aliphatic carbocycles. The van der Waals surface area contributed by atoms with Crippen molar-refractivity contribution in [2.75, 3.05) is 6.16 Å².